The number of hydrogen-bond donors (Lipinski definition) is 1. The Balaban J connectivity index is 1.92. The van der Waals surface area contributed by atoms with Crippen LogP contribution in [0.3, 0.4) is 0 Å². The Kier molecular flexibility index (Phi) is 5.33. The summed E-state index contributed by atoms with van der Waals surface area (Å²) in [4.78, 5) is 12.7. The molecule has 0 amide bonds. The molecule has 0 saturated heterocycles. The van der Waals surface area contributed by atoms with Crippen LogP contribution in [0.1, 0.15) is 44.7 Å². The molecule has 8 heteroatoms. The third-order valence-electron chi connectivity index (χ3n) is 4.10. The van der Waals surface area contributed by atoms with Gasteiger partial charge in [-0.3, -0.25) is 0 Å². The first-order valence-electron chi connectivity index (χ1n) is 8.30. The summed E-state index contributed by atoms with van der Waals surface area (Å²) >= 11 is 5.99. The van der Waals surface area contributed by atoms with Gasteiger partial charge in [0.15, 0.2) is 0 Å². The standard InChI is InChI=1S/C17H20ClN5O2/c1-3-4-5-10-25-16(24)14-11(2)19-17-20-21-22-23(17)15(14)12-6-8-13(18)9-7-12/h6-9,15H,3-5,10H2,1-2H3,(H,19,20,22)/t15-/m1/s1. The van der Waals surface area contributed by atoms with Crippen molar-refractivity contribution in [1.29, 1.82) is 0 Å². The van der Waals surface area contributed by atoms with E-state index in [0.29, 0.717) is 28.8 Å². The fourth-order valence-corrected chi connectivity index (χ4v) is 2.95. The summed E-state index contributed by atoms with van der Waals surface area (Å²) in [5.74, 6) is 0.127. The fourth-order valence-electron chi connectivity index (χ4n) is 2.82. The summed E-state index contributed by atoms with van der Waals surface area (Å²) in [6, 6.07) is 6.83. The number of fused-ring (bicyclic) bond motifs is 1. The second-order valence-electron chi connectivity index (χ2n) is 5.91. The van der Waals surface area contributed by atoms with Crippen LogP contribution in [0, 0.1) is 0 Å². The minimum atomic E-state index is -0.456. The Bertz CT molecular complexity index is 785. The van der Waals surface area contributed by atoms with Crippen molar-refractivity contribution in [3.05, 3.63) is 46.1 Å². The lowest BCUT2D eigenvalue weighted by atomic mass is 9.96. The predicted molar refractivity (Wildman–Crippen MR) is 94.2 cm³/mol. The highest BCUT2D eigenvalue weighted by molar-refractivity contribution is 6.30. The molecule has 1 aliphatic heterocycles. The van der Waals surface area contributed by atoms with Gasteiger partial charge >= 0.3 is 5.97 Å². The van der Waals surface area contributed by atoms with Crippen LogP contribution >= 0.6 is 11.6 Å². The number of nitrogens with zero attached hydrogens (tertiary/aromatic N) is 4. The molecule has 1 aromatic carbocycles. The number of tetrazole rings is 1. The number of ether oxygens (including phenoxy) is 1. The molecule has 0 aliphatic carbocycles. The summed E-state index contributed by atoms with van der Waals surface area (Å²) in [7, 11) is 0. The van der Waals surface area contributed by atoms with E-state index in [1.54, 1.807) is 16.8 Å². The zero-order valence-electron chi connectivity index (χ0n) is 14.2. The smallest absolute Gasteiger partial charge is 0.338 e. The number of anilines is 1. The van der Waals surface area contributed by atoms with E-state index in [1.807, 2.05) is 19.1 Å². The molecule has 2 aromatic rings. The SMILES string of the molecule is CCCCCOC(=O)C1=C(C)Nc2nnnn2[C@@H]1c1ccc(Cl)cc1. The lowest BCUT2D eigenvalue weighted by Gasteiger charge is -2.27. The molecule has 0 saturated carbocycles. The van der Waals surface area contributed by atoms with Crippen molar-refractivity contribution in [1.82, 2.24) is 20.2 Å². The molecule has 7 nitrogen and oxygen atoms in total. The highest BCUT2D eigenvalue weighted by Gasteiger charge is 2.34. The molecule has 0 radical (unpaired) electrons. The van der Waals surface area contributed by atoms with E-state index in [0.717, 1.165) is 24.8 Å². The average molecular weight is 362 g/mol. The van der Waals surface area contributed by atoms with Crippen LogP contribution in [-0.4, -0.2) is 32.8 Å². The number of benzene rings is 1. The molecule has 1 aromatic heterocycles. The monoisotopic (exact) mass is 361 g/mol. The molecule has 132 valence electrons. The quantitative estimate of drug-likeness (QED) is 0.627. The largest absolute Gasteiger partial charge is 0.462 e. The predicted octanol–water partition coefficient (Wildman–Crippen LogP) is 3.35. The number of hydrogen-bond acceptors (Lipinski definition) is 6. The van der Waals surface area contributed by atoms with Gasteiger partial charge in [-0.2, -0.15) is 4.68 Å². The Morgan fingerprint density at radius 2 is 2.08 bits per heavy atom. The molecular formula is C17H20ClN5O2. The van der Waals surface area contributed by atoms with E-state index < -0.39 is 6.04 Å². The third kappa shape index (κ3) is 3.66. The summed E-state index contributed by atoms with van der Waals surface area (Å²) in [5.41, 5.74) is 2.04. The van der Waals surface area contributed by atoms with Gasteiger partial charge in [0.05, 0.1) is 12.2 Å². The summed E-state index contributed by atoms with van der Waals surface area (Å²) in [5, 5.41) is 15.4. The first kappa shape index (κ1) is 17.4. The van der Waals surface area contributed by atoms with E-state index in [2.05, 4.69) is 27.8 Å². The second kappa shape index (κ2) is 7.65. The number of esters is 1. The van der Waals surface area contributed by atoms with Gasteiger partial charge in [-0.05, 0) is 41.5 Å². The number of nitrogens with one attached hydrogen (secondary N) is 1. The van der Waals surface area contributed by atoms with Gasteiger partial charge in [0.2, 0.25) is 5.95 Å². The van der Waals surface area contributed by atoms with Gasteiger partial charge in [0.1, 0.15) is 6.04 Å². The first-order chi connectivity index (χ1) is 12.1. The zero-order chi connectivity index (χ0) is 17.8. The van der Waals surface area contributed by atoms with Crippen LogP contribution in [-0.2, 0) is 9.53 Å². The normalized spacial score (nSPS) is 16.4. The van der Waals surface area contributed by atoms with E-state index in [-0.39, 0.29) is 5.97 Å². The maximum atomic E-state index is 12.7. The molecule has 0 bridgehead atoms. The van der Waals surface area contributed by atoms with Crippen molar-refractivity contribution in [2.24, 2.45) is 0 Å². The molecule has 2 heterocycles. The molecule has 0 fully saturated rings. The molecule has 1 atom stereocenters. The topological polar surface area (TPSA) is 81.9 Å². The minimum absolute atomic E-state index is 0.359. The van der Waals surface area contributed by atoms with Crippen LogP contribution in [0.25, 0.3) is 0 Å². The van der Waals surface area contributed by atoms with Gasteiger partial charge in [-0.15, -0.1) is 0 Å². The summed E-state index contributed by atoms with van der Waals surface area (Å²) < 4.78 is 7.06. The Morgan fingerprint density at radius 3 is 2.80 bits per heavy atom. The Labute approximate surface area is 151 Å². The van der Waals surface area contributed by atoms with Crippen molar-refractivity contribution in [3.63, 3.8) is 0 Å². The number of allylic oxidation sites excluding steroid dienone is 1. The van der Waals surface area contributed by atoms with Gasteiger partial charge < -0.3 is 10.1 Å². The number of halogens is 1. The summed E-state index contributed by atoms with van der Waals surface area (Å²) in [6.45, 7) is 4.33. The van der Waals surface area contributed by atoms with Crippen molar-refractivity contribution in [2.75, 3.05) is 11.9 Å². The highest BCUT2D eigenvalue weighted by atomic mass is 35.5. The lowest BCUT2D eigenvalue weighted by molar-refractivity contribution is -0.139. The molecule has 1 aliphatic rings. The van der Waals surface area contributed by atoms with Crippen LogP contribution < -0.4 is 5.32 Å². The minimum Gasteiger partial charge on any atom is -0.462 e. The van der Waals surface area contributed by atoms with Crippen LogP contribution in [0.15, 0.2) is 35.5 Å². The van der Waals surface area contributed by atoms with Crippen molar-refractivity contribution < 1.29 is 9.53 Å². The van der Waals surface area contributed by atoms with Crippen LogP contribution in [0.4, 0.5) is 5.95 Å². The fraction of sp³-hybridized carbons (Fsp3) is 0.412. The Morgan fingerprint density at radius 1 is 1.32 bits per heavy atom. The maximum Gasteiger partial charge on any atom is 0.338 e. The van der Waals surface area contributed by atoms with Crippen LogP contribution in [0.2, 0.25) is 5.02 Å². The average Bonchev–Trinajstić information content (AvgIpc) is 3.06. The molecule has 0 unspecified atom stereocenters. The number of unbranched alkanes of at least 4 members (excludes halogenated alkanes) is 2. The number of carbonyl (C=O) groups is 1. The van der Waals surface area contributed by atoms with Crippen molar-refractivity contribution in [2.45, 2.75) is 39.2 Å². The second-order valence-corrected chi connectivity index (χ2v) is 6.34. The number of aromatic nitrogens is 4. The number of rotatable bonds is 6. The zero-order valence-corrected chi connectivity index (χ0v) is 15.0. The summed E-state index contributed by atoms with van der Waals surface area (Å²) in [6.07, 6.45) is 2.95. The first-order valence-corrected chi connectivity index (χ1v) is 8.68. The lowest BCUT2D eigenvalue weighted by Crippen LogP contribution is -2.29. The van der Waals surface area contributed by atoms with Crippen LogP contribution in [0.5, 0.6) is 0 Å². The van der Waals surface area contributed by atoms with Gasteiger partial charge in [0, 0.05) is 10.7 Å². The molecule has 0 spiro atoms. The van der Waals surface area contributed by atoms with E-state index in [9.17, 15) is 4.79 Å². The molecule has 1 N–H and O–H groups in total. The van der Waals surface area contributed by atoms with Gasteiger partial charge in [0.25, 0.3) is 0 Å². The Hall–Kier alpha value is -2.41. The van der Waals surface area contributed by atoms with Gasteiger partial charge in [-0.1, -0.05) is 48.6 Å². The van der Waals surface area contributed by atoms with E-state index >= 15 is 0 Å². The van der Waals surface area contributed by atoms with Gasteiger partial charge in [-0.25, -0.2) is 4.79 Å². The highest BCUT2D eigenvalue weighted by Crippen LogP contribution is 2.35. The van der Waals surface area contributed by atoms with E-state index in [4.69, 9.17) is 16.3 Å². The van der Waals surface area contributed by atoms with Crippen molar-refractivity contribution >= 4 is 23.5 Å². The van der Waals surface area contributed by atoms with E-state index in [1.165, 1.54) is 0 Å². The van der Waals surface area contributed by atoms with Crippen molar-refractivity contribution in [3.8, 4) is 0 Å². The molecule has 3 rings (SSSR count). The maximum absolute atomic E-state index is 12.7. The number of carbonyl (C=O) groups excluding carboxylic acids is 1. The molecular weight excluding hydrogens is 342 g/mol. The third-order valence-corrected chi connectivity index (χ3v) is 4.35. The molecule has 25 heavy (non-hydrogen) atoms.